The zero-order valence-corrected chi connectivity index (χ0v) is 17.4. The van der Waals surface area contributed by atoms with Crippen LogP contribution >= 0.6 is 24.0 Å². The van der Waals surface area contributed by atoms with Crippen molar-refractivity contribution in [2.24, 2.45) is 18.0 Å². The molecule has 1 fully saturated rings. The summed E-state index contributed by atoms with van der Waals surface area (Å²) in [7, 11) is 3.51. The highest BCUT2D eigenvalue weighted by Crippen LogP contribution is 2.37. The lowest BCUT2D eigenvalue weighted by atomic mass is 9.85. The van der Waals surface area contributed by atoms with Crippen LogP contribution in [0.25, 0.3) is 0 Å². The molecular weight excluding hydrogens is 446 g/mol. The lowest BCUT2D eigenvalue weighted by Gasteiger charge is -2.31. The van der Waals surface area contributed by atoms with Crippen LogP contribution in [0.1, 0.15) is 42.6 Å². The van der Waals surface area contributed by atoms with Gasteiger partial charge in [0.25, 0.3) is 0 Å². The van der Waals surface area contributed by atoms with E-state index >= 15 is 0 Å². The third-order valence-corrected chi connectivity index (χ3v) is 4.79. The standard InChI is InChI=1S/C16H26F3N5.HI/c1-10-14(11(2)24(4)23-10)9-21-15(20-3)22-13-7-5-6-12(8-13)16(17,18)19;/h12-13H,5-9H2,1-4H3,(H2,20,21,22);1H. The molecule has 1 aromatic rings. The van der Waals surface area contributed by atoms with Crippen LogP contribution in [-0.2, 0) is 13.6 Å². The Morgan fingerprint density at radius 1 is 1.32 bits per heavy atom. The fourth-order valence-electron chi connectivity index (χ4n) is 3.25. The molecule has 9 heteroatoms. The maximum Gasteiger partial charge on any atom is 0.391 e. The molecule has 1 saturated carbocycles. The Balaban J connectivity index is 0.00000312. The number of aliphatic imine (C=N–C) groups is 1. The van der Waals surface area contributed by atoms with Crippen molar-refractivity contribution in [3.8, 4) is 0 Å². The van der Waals surface area contributed by atoms with Gasteiger partial charge in [-0.05, 0) is 33.1 Å². The summed E-state index contributed by atoms with van der Waals surface area (Å²) in [6.45, 7) is 4.47. The predicted octanol–water partition coefficient (Wildman–Crippen LogP) is 3.44. The highest BCUT2D eigenvalue weighted by molar-refractivity contribution is 14.0. The minimum absolute atomic E-state index is 0. The van der Waals surface area contributed by atoms with Gasteiger partial charge in [0.15, 0.2) is 5.96 Å². The van der Waals surface area contributed by atoms with Gasteiger partial charge in [0.05, 0.1) is 11.6 Å². The van der Waals surface area contributed by atoms with Crippen LogP contribution in [-0.4, -0.2) is 35.0 Å². The van der Waals surface area contributed by atoms with Crippen LogP contribution in [0, 0.1) is 19.8 Å². The fraction of sp³-hybridized carbons (Fsp3) is 0.750. The molecule has 5 nitrogen and oxygen atoms in total. The van der Waals surface area contributed by atoms with E-state index in [0.717, 1.165) is 23.4 Å². The summed E-state index contributed by atoms with van der Waals surface area (Å²) in [5.41, 5.74) is 3.08. The van der Waals surface area contributed by atoms with Crippen molar-refractivity contribution >= 4 is 29.9 Å². The second-order valence-electron chi connectivity index (χ2n) is 6.45. The molecule has 1 aromatic heterocycles. The van der Waals surface area contributed by atoms with Crippen molar-refractivity contribution in [2.45, 2.75) is 58.3 Å². The summed E-state index contributed by atoms with van der Waals surface area (Å²) in [6.07, 6.45) is -2.46. The average Bonchev–Trinajstić information content (AvgIpc) is 2.76. The Kier molecular flexibility index (Phi) is 8.01. The highest BCUT2D eigenvalue weighted by atomic mass is 127. The molecule has 0 saturated heterocycles. The maximum absolute atomic E-state index is 12.9. The zero-order valence-electron chi connectivity index (χ0n) is 15.1. The number of hydrogen-bond donors (Lipinski definition) is 2. The number of halogens is 4. The first-order valence-corrected chi connectivity index (χ1v) is 8.25. The lowest BCUT2D eigenvalue weighted by molar-refractivity contribution is -0.183. The Morgan fingerprint density at radius 3 is 2.52 bits per heavy atom. The van der Waals surface area contributed by atoms with Gasteiger partial charge < -0.3 is 10.6 Å². The molecular formula is C16H27F3IN5. The van der Waals surface area contributed by atoms with Gasteiger partial charge >= 0.3 is 6.18 Å². The Hall–Kier alpha value is -1.00. The summed E-state index contributed by atoms with van der Waals surface area (Å²) in [5, 5.41) is 10.7. The molecule has 1 aliphatic carbocycles. The SMILES string of the molecule is CN=C(NCc1c(C)nn(C)c1C)NC1CCCC(C(F)(F)F)C1.I. The second kappa shape index (κ2) is 9.09. The Labute approximate surface area is 163 Å². The van der Waals surface area contributed by atoms with Crippen LogP contribution in [0.2, 0.25) is 0 Å². The first kappa shape index (κ1) is 22.0. The Bertz CT molecular complexity index is 597. The molecule has 1 aliphatic rings. The summed E-state index contributed by atoms with van der Waals surface area (Å²) in [4.78, 5) is 4.14. The summed E-state index contributed by atoms with van der Waals surface area (Å²) in [6, 6.07) is -0.201. The zero-order chi connectivity index (χ0) is 17.9. The number of hydrogen-bond acceptors (Lipinski definition) is 2. The van der Waals surface area contributed by atoms with Crippen molar-refractivity contribution < 1.29 is 13.2 Å². The normalized spacial score (nSPS) is 21.6. The summed E-state index contributed by atoms with van der Waals surface area (Å²) < 4.78 is 40.6. The molecule has 2 unspecified atom stereocenters. The van der Waals surface area contributed by atoms with E-state index in [-0.39, 0.29) is 42.9 Å². The molecule has 2 atom stereocenters. The topological polar surface area (TPSA) is 54.2 Å². The molecule has 144 valence electrons. The van der Waals surface area contributed by atoms with Gasteiger partial charge in [-0.3, -0.25) is 9.67 Å². The highest BCUT2D eigenvalue weighted by Gasteiger charge is 2.42. The van der Waals surface area contributed by atoms with Crippen LogP contribution in [0.5, 0.6) is 0 Å². The Morgan fingerprint density at radius 2 is 2.00 bits per heavy atom. The van der Waals surface area contributed by atoms with E-state index in [2.05, 4.69) is 20.7 Å². The maximum atomic E-state index is 12.9. The van der Waals surface area contributed by atoms with Crippen LogP contribution < -0.4 is 10.6 Å². The number of nitrogens with zero attached hydrogens (tertiary/aromatic N) is 3. The third-order valence-electron chi connectivity index (χ3n) is 4.79. The molecule has 0 aliphatic heterocycles. The third kappa shape index (κ3) is 5.75. The smallest absolute Gasteiger partial charge is 0.354 e. The van der Waals surface area contributed by atoms with E-state index in [9.17, 15) is 13.2 Å². The molecule has 25 heavy (non-hydrogen) atoms. The lowest BCUT2D eigenvalue weighted by Crippen LogP contribution is -2.46. The number of rotatable bonds is 3. The molecule has 2 N–H and O–H groups in total. The quantitative estimate of drug-likeness (QED) is 0.402. The molecule has 0 spiro atoms. The first-order valence-electron chi connectivity index (χ1n) is 8.25. The van der Waals surface area contributed by atoms with Crippen molar-refractivity contribution in [1.29, 1.82) is 0 Å². The first-order chi connectivity index (χ1) is 11.2. The number of aromatic nitrogens is 2. The van der Waals surface area contributed by atoms with E-state index in [1.165, 1.54) is 0 Å². The molecule has 0 amide bonds. The van der Waals surface area contributed by atoms with Gasteiger partial charge in [-0.25, -0.2) is 0 Å². The minimum Gasteiger partial charge on any atom is -0.354 e. The van der Waals surface area contributed by atoms with E-state index in [4.69, 9.17) is 0 Å². The van der Waals surface area contributed by atoms with Crippen molar-refractivity contribution in [1.82, 2.24) is 20.4 Å². The molecule has 0 bridgehead atoms. The van der Waals surface area contributed by atoms with Gasteiger partial charge in [0.1, 0.15) is 0 Å². The predicted molar refractivity (Wildman–Crippen MR) is 103 cm³/mol. The molecule has 0 aromatic carbocycles. The van der Waals surface area contributed by atoms with Crippen molar-refractivity contribution in [2.75, 3.05) is 7.05 Å². The van der Waals surface area contributed by atoms with Gasteiger partial charge in [-0.15, -0.1) is 24.0 Å². The van der Waals surface area contributed by atoms with Crippen LogP contribution in [0.3, 0.4) is 0 Å². The van der Waals surface area contributed by atoms with Gasteiger partial charge in [0, 0.05) is 37.9 Å². The van der Waals surface area contributed by atoms with Crippen molar-refractivity contribution in [3.63, 3.8) is 0 Å². The van der Waals surface area contributed by atoms with Gasteiger partial charge in [-0.1, -0.05) is 6.42 Å². The summed E-state index contributed by atoms with van der Waals surface area (Å²) in [5.74, 6) is -0.685. The van der Waals surface area contributed by atoms with E-state index < -0.39 is 12.1 Å². The van der Waals surface area contributed by atoms with Gasteiger partial charge in [-0.2, -0.15) is 18.3 Å². The minimum atomic E-state index is -4.11. The van der Waals surface area contributed by atoms with E-state index in [1.54, 1.807) is 7.05 Å². The van der Waals surface area contributed by atoms with E-state index in [0.29, 0.717) is 18.9 Å². The molecule has 0 radical (unpaired) electrons. The van der Waals surface area contributed by atoms with Crippen LogP contribution in [0.4, 0.5) is 13.2 Å². The number of guanidine groups is 1. The fourth-order valence-corrected chi connectivity index (χ4v) is 3.25. The van der Waals surface area contributed by atoms with Crippen LogP contribution in [0.15, 0.2) is 4.99 Å². The second-order valence-corrected chi connectivity index (χ2v) is 6.45. The molecule has 1 heterocycles. The summed E-state index contributed by atoms with van der Waals surface area (Å²) >= 11 is 0. The van der Waals surface area contributed by atoms with Crippen molar-refractivity contribution in [3.05, 3.63) is 17.0 Å². The largest absolute Gasteiger partial charge is 0.391 e. The van der Waals surface area contributed by atoms with E-state index in [1.807, 2.05) is 25.6 Å². The number of nitrogens with one attached hydrogen (secondary N) is 2. The number of aryl methyl sites for hydroxylation is 2. The average molecular weight is 473 g/mol. The monoisotopic (exact) mass is 473 g/mol. The number of alkyl halides is 3. The van der Waals surface area contributed by atoms with Gasteiger partial charge in [0.2, 0.25) is 0 Å². The molecule has 2 rings (SSSR count).